The highest BCUT2D eigenvalue weighted by Gasteiger charge is 2.30. The van der Waals surface area contributed by atoms with E-state index >= 15 is 0 Å². The van der Waals surface area contributed by atoms with Gasteiger partial charge in [0.05, 0.1) is 26.4 Å². The van der Waals surface area contributed by atoms with Gasteiger partial charge < -0.3 is 33.8 Å². The highest BCUT2D eigenvalue weighted by atomic mass is 31.2. The normalized spacial score (nSPS) is 14.2. The first kappa shape index (κ1) is 105. The number of allylic oxidation sites excluding steroid dienone is 4. The molecule has 0 radical (unpaired) electrons. The lowest BCUT2D eigenvalue weighted by molar-refractivity contribution is -0.161. The van der Waals surface area contributed by atoms with Gasteiger partial charge in [-0.2, -0.15) is 0 Å². The summed E-state index contributed by atoms with van der Waals surface area (Å²) in [6, 6.07) is 0. The topological polar surface area (TPSA) is 237 Å². The van der Waals surface area contributed by atoms with Crippen molar-refractivity contribution >= 4 is 39.5 Å². The molecule has 0 saturated carbocycles. The third-order valence-electron chi connectivity index (χ3n) is 20.4. The number of phosphoric ester groups is 2. The van der Waals surface area contributed by atoms with Crippen LogP contribution >= 0.6 is 15.6 Å². The van der Waals surface area contributed by atoms with Crippen LogP contribution in [-0.4, -0.2) is 96.7 Å². The predicted molar refractivity (Wildman–Crippen MR) is 441 cm³/mol. The van der Waals surface area contributed by atoms with Crippen molar-refractivity contribution in [2.24, 2.45) is 11.8 Å². The number of esters is 4. The van der Waals surface area contributed by atoms with E-state index in [0.717, 1.165) is 115 Å². The highest BCUT2D eigenvalue weighted by Crippen LogP contribution is 2.45. The number of phosphoric acid groups is 2. The number of carbonyl (C=O) groups is 4. The van der Waals surface area contributed by atoms with Crippen LogP contribution < -0.4 is 0 Å². The van der Waals surface area contributed by atoms with Crippen LogP contribution in [0.15, 0.2) is 24.3 Å². The van der Waals surface area contributed by atoms with Crippen LogP contribution in [0, 0.1) is 11.8 Å². The molecule has 107 heavy (non-hydrogen) atoms. The molecule has 632 valence electrons. The molecule has 0 aliphatic heterocycles. The lowest BCUT2D eigenvalue weighted by atomic mass is 9.99. The van der Waals surface area contributed by atoms with Gasteiger partial charge >= 0.3 is 39.5 Å². The van der Waals surface area contributed by atoms with E-state index in [2.05, 4.69) is 65.8 Å². The van der Waals surface area contributed by atoms with E-state index in [4.69, 9.17) is 37.0 Å². The summed E-state index contributed by atoms with van der Waals surface area (Å²) >= 11 is 0. The average molecular weight is 1560 g/mol. The van der Waals surface area contributed by atoms with Crippen molar-refractivity contribution in [3.8, 4) is 0 Å². The quantitative estimate of drug-likeness (QED) is 0.0169. The number of aliphatic hydroxyl groups is 1. The van der Waals surface area contributed by atoms with E-state index in [-0.39, 0.29) is 25.7 Å². The van der Waals surface area contributed by atoms with Gasteiger partial charge in [0.25, 0.3) is 0 Å². The maximum absolute atomic E-state index is 13.2. The Morgan fingerprint density at radius 1 is 0.308 bits per heavy atom. The Kier molecular flexibility index (Phi) is 77.0. The standard InChI is InChI=1S/C88H168O17P2/c1-7-10-12-14-16-18-20-22-24-25-26-27-28-29-30-32-38-42-48-55-61-67-73-88(93)104-83(76-98-85(90)70-64-58-52-46-40-36-34-33-35-39-45-51-57-63-69-81(6)9-3)78-102-106(94,95)100-74-82(89)75-101-107(96,97)103-79-84(77-99-86(91)71-65-59-53-49-43-44-50-56-62-68-80(4)5)105-87(92)72-66-60-54-47-41-37-31-23-21-19-17-15-13-11-8-2/h19,21,23,31,80-84,89H,7-18,20,22,24-30,32-79H2,1-6H3,(H,94,95)(H,96,97)/b21-19-,31-23-/t81?,82-,83-,84-/m1/s1. The van der Waals surface area contributed by atoms with E-state index in [9.17, 15) is 43.2 Å². The van der Waals surface area contributed by atoms with E-state index < -0.39 is 97.5 Å². The highest BCUT2D eigenvalue weighted by molar-refractivity contribution is 7.47. The molecule has 17 nitrogen and oxygen atoms in total. The van der Waals surface area contributed by atoms with Crippen LogP contribution in [0.4, 0.5) is 0 Å². The van der Waals surface area contributed by atoms with Crippen molar-refractivity contribution in [1.82, 2.24) is 0 Å². The Morgan fingerprint density at radius 2 is 0.551 bits per heavy atom. The first-order chi connectivity index (χ1) is 51.9. The summed E-state index contributed by atoms with van der Waals surface area (Å²) < 4.78 is 68.9. The van der Waals surface area contributed by atoms with E-state index in [1.165, 1.54) is 250 Å². The van der Waals surface area contributed by atoms with Gasteiger partial charge in [0.1, 0.15) is 19.3 Å². The van der Waals surface area contributed by atoms with Gasteiger partial charge in [-0.1, -0.05) is 393 Å². The van der Waals surface area contributed by atoms with E-state index in [1.54, 1.807) is 0 Å². The smallest absolute Gasteiger partial charge is 0.462 e. The van der Waals surface area contributed by atoms with Crippen LogP contribution in [0.2, 0.25) is 0 Å². The summed E-state index contributed by atoms with van der Waals surface area (Å²) in [6.45, 7) is 9.64. The van der Waals surface area contributed by atoms with Crippen molar-refractivity contribution in [3.05, 3.63) is 24.3 Å². The van der Waals surface area contributed by atoms with E-state index in [1.807, 2.05) is 0 Å². The van der Waals surface area contributed by atoms with Gasteiger partial charge in [0, 0.05) is 25.7 Å². The van der Waals surface area contributed by atoms with Crippen LogP contribution in [-0.2, 0) is 65.4 Å². The van der Waals surface area contributed by atoms with Crippen molar-refractivity contribution < 1.29 is 80.2 Å². The zero-order valence-electron chi connectivity index (χ0n) is 69.9. The van der Waals surface area contributed by atoms with Gasteiger partial charge in [0.15, 0.2) is 12.2 Å². The minimum atomic E-state index is -4.97. The molecule has 0 aliphatic rings. The molecule has 6 atom stereocenters. The lowest BCUT2D eigenvalue weighted by Crippen LogP contribution is -2.30. The molecule has 19 heteroatoms. The Labute approximate surface area is 656 Å². The van der Waals surface area contributed by atoms with Gasteiger partial charge in [-0.15, -0.1) is 0 Å². The molecule has 0 heterocycles. The molecule has 0 saturated heterocycles. The van der Waals surface area contributed by atoms with Crippen molar-refractivity contribution in [3.63, 3.8) is 0 Å². The molecular formula is C88H168O17P2. The average Bonchev–Trinajstić information content (AvgIpc) is 0.910. The zero-order valence-corrected chi connectivity index (χ0v) is 71.7. The first-order valence-corrected chi connectivity index (χ1v) is 47.8. The number of hydrogen-bond donors (Lipinski definition) is 3. The monoisotopic (exact) mass is 1560 g/mol. The molecular weight excluding hydrogens is 1390 g/mol. The molecule has 3 unspecified atom stereocenters. The summed E-state index contributed by atoms with van der Waals surface area (Å²) in [7, 11) is -9.94. The summed E-state index contributed by atoms with van der Waals surface area (Å²) in [6.07, 6.45) is 74.4. The number of aliphatic hydroxyl groups excluding tert-OH is 1. The molecule has 0 aromatic carbocycles. The second-order valence-corrected chi connectivity index (χ2v) is 34.6. The number of rotatable bonds is 85. The maximum Gasteiger partial charge on any atom is 0.472 e. The SMILES string of the molecule is CCCCCC/C=C\C=C/CCCCCCCC(=O)O[C@H](COC(=O)CCCCCCCCCCCC(C)C)COP(=O)(O)OC[C@H](O)COP(=O)(O)OC[C@@H](COC(=O)CCCCCCCCCCCCCCCCC(C)CC)OC(=O)CCCCCCCCCCCCCCCCCCCCCCCC. The third kappa shape index (κ3) is 80.0. The second-order valence-electron chi connectivity index (χ2n) is 31.7. The fourth-order valence-electron chi connectivity index (χ4n) is 13.2. The summed E-state index contributed by atoms with van der Waals surface area (Å²) in [5.74, 6) is -0.542. The largest absolute Gasteiger partial charge is 0.472 e. The Morgan fingerprint density at radius 3 is 0.841 bits per heavy atom. The van der Waals surface area contributed by atoms with Crippen LogP contribution in [0.5, 0.6) is 0 Å². The summed E-state index contributed by atoms with van der Waals surface area (Å²) in [4.78, 5) is 73.3. The van der Waals surface area contributed by atoms with Gasteiger partial charge in [-0.3, -0.25) is 37.3 Å². The van der Waals surface area contributed by atoms with Gasteiger partial charge in [-0.25, -0.2) is 9.13 Å². The molecule has 3 N–H and O–H groups in total. The third-order valence-corrected chi connectivity index (χ3v) is 22.3. The minimum absolute atomic E-state index is 0.0850. The molecule has 0 bridgehead atoms. The number of ether oxygens (including phenoxy) is 4. The van der Waals surface area contributed by atoms with Crippen LogP contribution in [0.25, 0.3) is 0 Å². The van der Waals surface area contributed by atoms with Gasteiger partial charge in [0.2, 0.25) is 0 Å². The number of unbranched alkanes of at least 4 members (excludes halogenated alkanes) is 51. The minimum Gasteiger partial charge on any atom is -0.462 e. The van der Waals surface area contributed by atoms with E-state index in [0.29, 0.717) is 25.7 Å². The molecule has 0 aromatic rings. The predicted octanol–water partition coefficient (Wildman–Crippen LogP) is 26.6. The molecule has 0 aliphatic carbocycles. The molecule has 0 spiro atoms. The first-order valence-electron chi connectivity index (χ1n) is 44.8. The summed E-state index contributed by atoms with van der Waals surface area (Å²) in [5.41, 5.74) is 0. The fraction of sp³-hybridized carbons (Fsp3) is 0.909. The molecule has 0 aromatic heterocycles. The lowest BCUT2D eigenvalue weighted by Gasteiger charge is -2.21. The Bertz CT molecular complexity index is 2140. The maximum atomic E-state index is 13.2. The Balaban J connectivity index is 5.27. The van der Waals surface area contributed by atoms with Crippen LogP contribution in [0.1, 0.15) is 446 Å². The van der Waals surface area contributed by atoms with Crippen molar-refractivity contribution in [2.75, 3.05) is 39.6 Å². The second kappa shape index (κ2) is 78.8. The fourth-order valence-corrected chi connectivity index (χ4v) is 14.8. The van der Waals surface area contributed by atoms with Crippen molar-refractivity contribution in [1.29, 1.82) is 0 Å². The molecule has 0 fully saturated rings. The molecule has 0 rings (SSSR count). The van der Waals surface area contributed by atoms with Gasteiger partial charge in [-0.05, 0) is 63.2 Å². The Hall–Kier alpha value is -2.46. The number of carbonyl (C=O) groups excluding carboxylic acids is 4. The number of hydrogen-bond acceptors (Lipinski definition) is 15. The van der Waals surface area contributed by atoms with Crippen LogP contribution in [0.3, 0.4) is 0 Å². The zero-order chi connectivity index (χ0) is 78.5. The summed E-state index contributed by atoms with van der Waals surface area (Å²) in [5, 5.41) is 10.7. The molecule has 0 amide bonds. The van der Waals surface area contributed by atoms with Crippen molar-refractivity contribution in [2.45, 2.75) is 464 Å².